The Morgan fingerprint density at radius 3 is 2.21 bits per heavy atom. The molecule has 0 radical (unpaired) electrons. The molecule has 0 saturated heterocycles. The molecule has 0 atom stereocenters. The molecule has 3 rings (SSSR count). The maximum Gasteiger partial charge on any atom is 0.433 e. The van der Waals surface area contributed by atoms with Gasteiger partial charge in [-0.3, -0.25) is 9.89 Å². The number of halogens is 6. The van der Waals surface area contributed by atoms with Crippen LogP contribution in [0.25, 0.3) is 5.69 Å². The van der Waals surface area contributed by atoms with Crippen molar-refractivity contribution in [1.82, 2.24) is 9.78 Å². The van der Waals surface area contributed by atoms with E-state index in [2.05, 4.69) is 0 Å². The van der Waals surface area contributed by atoms with E-state index in [0.717, 1.165) is 18.2 Å². The first-order valence-corrected chi connectivity index (χ1v) is 7.16. The van der Waals surface area contributed by atoms with Crippen LogP contribution in [0.1, 0.15) is 29.7 Å². The van der Waals surface area contributed by atoms with Crippen LogP contribution in [-0.4, -0.2) is 9.78 Å². The van der Waals surface area contributed by atoms with E-state index < -0.39 is 40.4 Å². The lowest BCUT2D eigenvalue weighted by Crippen LogP contribution is -2.21. The van der Waals surface area contributed by atoms with Gasteiger partial charge < -0.3 is 0 Å². The highest BCUT2D eigenvalue weighted by molar-refractivity contribution is 5.43. The van der Waals surface area contributed by atoms with E-state index in [1.54, 1.807) is 0 Å². The Hall–Kier alpha value is -2.19. The highest BCUT2D eigenvalue weighted by Crippen LogP contribution is 2.37. The Bertz CT molecular complexity index is 811. The van der Waals surface area contributed by atoms with Crippen LogP contribution in [0.4, 0.5) is 26.3 Å². The summed E-state index contributed by atoms with van der Waals surface area (Å²) in [6.07, 6.45) is -8.31. The van der Waals surface area contributed by atoms with E-state index in [1.807, 2.05) is 5.10 Å². The lowest BCUT2D eigenvalue weighted by Gasteiger charge is -2.12. The standard InChI is InChI=1S/C15H12F6N2O/c16-14(17,18)10-3-1-2-4-11(10)23-13(24)9(7-8-5-6-8)12(22-23)15(19,20)21/h1-4,8,22H,5-7H2. The van der Waals surface area contributed by atoms with E-state index in [-0.39, 0.29) is 12.3 Å². The number of alkyl halides is 6. The average molecular weight is 350 g/mol. The summed E-state index contributed by atoms with van der Waals surface area (Å²) in [4.78, 5) is 12.3. The van der Waals surface area contributed by atoms with Crippen LogP contribution < -0.4 is 5.56 Å². The van der Waals surface area contributed by atoms with Gasteiger partial charge in [-0.15, -0.1) is 0 Å². The molecule has 2 aromatic rings. The minimum absolute atomic E-state index is 0.0269. The minimum atomic E-state index is -4.85. The molecule has 0 aliphatic heterocycles. The molecule has 1 saturated carbocycles. The molecule has 1 heterocycles. The van der Waals surface area contributed by atoms with E-state index in [0.29, 0.717) is 17.5 Å². The summed E-state index contributed by atoms with van der Waals surface area (Å²) in [6, 6.07) is 4.01. The molecular formula is C15H12F6N2O. The zero-order chi connectivity index (χ0) is 17.7. The van der Waals surface area contributed by atoms with Gasteiger partial charge in [0, 0.05) is 5.56 Å². The molecule has 130 valence electrons. The van der Waals surface area contributed by atoms with E-state index in [9.17, 15) is 31.1 Å². The fourth-order valence-corrected chi connectivity index (χ4v) is 2.58. The van der Waals surface area contributed by atoms with Crippen LogP contribution >= 0.6 is 0 Å². The third kappa shape index (κ3) is 3.07. The predicted octanol–water partition coefficient (Wildman–Crippen LogP) is 4.16. The van der Waals surface area contributed by atoms with Gasteiger partial charge in [-0.2, -0.15) is 26.3 Å². The number of aromatic amines is 1. The first kappa shape index (κ1) is 16.7. The molecule has 1 N–H and O–H groups in total. The van der Waals surface area contributed by atoms with E-state index >= 15 is 0 Å². The van der Waals surface area contributed by atoms with Gasteiger partial charge in [0.15, 0.2) is 0 Å². The topological polar surface area (TPSA) is 37.8 Å². The highest BCUT2D eigenvalue weighted by atomic mass is 19.4. The van der Waals surface area contributed by atoms with Gasteiger partial charge in [0.2, 0.25) is 0 Å². The number of nitrogens with zero attached hydrogens (tertiary/aromatic N) is 1. The summed E-state index contributed by atoms with van der Waals surface area (Å²) in [7, 11) is 0. The summed E-state index contributed by atoms with van der Waals surface area (Å²) < 4.78 is 79.0. The molecule has 0 spiro atoms. The second-order valence-corrected chi connectivity index (χ2v) is 5.77. The fourth-order valence-electron chi connectivity index (χ4n) is 2.58. The zero-order valence-electron chi connectivity index (χ0n) is 12.1. The third-order valence-electron chi connectivity index (χ3n) is 3.91. The van der Waals surface area contributed by atoms with Gasteiger partial charge in [-0.05, 0) is 37.3 Å². The van der Waals surface area contributed by atoms with Crippen LogP contribution in [-0.2, 0) is 18.8 Å². The predicted molar refractivity (Wildman–Crippen MR) is 72.8 cm³/mol. The lowest BCUT2D eigenvalue weighted by molar-refractivity contribution is -0.142. The van der Waals surface area contributed by atoms with Gasteiger partial charge in [0.1, 0.15) is 5.69 Å². The van der Waals surface area contributed by atoms with Crippen LogP contribution in [0, 0.1) is 5.92 Å². The molecule has 1 aliphatic rings. The molecule has 0 amide bonds. The van der Waals surface area contributed by atoms with Crippen LogP contribution in [0.15, 0.2) is 29.1 Å². The smallest absolute Gasteiger partial charge is 0.286 e. The second-order valence-electron chi connectivity index (χ2n) is 5.77. The molecule has 1 fully saturated rings. The van der Waals surface area contributed by atoms with Crippen molar-refractivity contribution in [3.63, 3.8) is 0 Å². The van der Waals surface area contributed by atoms with Crippen molar-refractivity contribution in [2.45, 2.75) is 31.6 Å². The number of H-pyrrole nitrogens is 1. The molecule has 0 bridgehead atoms. The van der Waals surface area contributed by atoms with Crippen LogP contribution in [0.5, 0.6) is 0 Å². The van der Waals surface area contributed by atoms with E-state index in [4.69, 9.17) is 0 Å². The summed E-state index contributed by atoms with van der Waals surface area (Å²) in [5.41, 5.74) is -4.72. The largest absolute Gasteiger partial charge is 0.433 e. The van der Waals surface area contributed by atoms with E-state index in [1.165, 1.54) is 6.07 Å². The van der Waals surface area contributed by atoms with Crippen molar-refractivity contribution in [3.05, 3.63) is 51.4 Å². The third-order valence-corrected chi connectivity index (χ3v) is 3.91. The maximum atomic E-state index is 13.2. The van der Waals surface area contributed by atoms with Gasteiger partial charge in [-0.1, -0.05) is 12.1 Å². The van der Waals surface area contributed by atoms with Crippen molar-refractivity contribution < 1.29 is 26.3 Å². The fraction of sp³-hybridized carbons (Fsp3) is 0.400. The van der Waals surface area contributed by atoms with Crippen molar-refractivity contribution in [2.24, 2.45) is 5.92 Å². The minimum Gasteiger partial charge on any atom is -0.286 e. The van der Waals surface area contributed by atoms with Crippen molar-refractivity contribution >= 4 is 0 Å². The van der Waals surface area contributed by atoms with Crippen LogP contribution in [0.2, 0.25) is 0 Å². The van der Waals surface area contributed by atoms with Crippen LogP contribution in [0.3, 0.4) is 0 Å². The number of nitrogens with one attached hydrogen (secondary N) is 1. The van der Waals surface area contributed by atoms with Gasteiger partial charge in [0.05, 0.1) is 11.3 Å². The first-order valence-electron chi connectivity index (χ1n) is 7.16. The Morgan fingerprint density at radius 1 is 1.04 bits per heavy atom. The molecule has 3 nitrogen and oxygen atoms in total. The second kappa shape index (κ2) is 5.42. The number of aromatic nitrogens is 2. The van der Waals surface area contributed by atoms with Crippen molar-refractivity contribution in [3.8, 4) is 5.69 Å². The molecule has 0 unspecified atom stereocenters. The summed E-state index contributed by atoms with van der Waals surface area (Å²) >= 11 is 0. The SMILES string of the molecule is O=c1c(CC2CC2)c(C(F)(F)F)[nH]n1-c1ccccc1C(F)(F)F. The number of hydrogen-bond acceptors (Lipinski definition) is 1. The Kier molecular flexibility index (Phi) is 3.76. The number of para-hydroxylation sites is 1. The molecule has 24 heavy (non-hydrogen) atoms. The normalized spacial score (nSPS) is 15.8. The molecular weight excluding hydrogens is 338 g/mol. The lowest BCUT2D eigenvalue weighted by atomic mass is 10.1. The summed E-state index contributed by atoms with van der Waals surface area (Å²) in [5.74, 6) is -0.0269. The molecule has 1 aromatic carbocycles. The monoisotopic (exact) mass is 350 g/mol. The maximum absolute atomic E-state index is 13.2. The summed E-state index contributed by atoms with van der Waals surface area (Å²) in [5, 5.41) is 1.83. The first-order chi connectivity index (χ1) is 11.1. The van der Waals surface area contributed by atoms with Gasteiger partial charge in [-0.25, -0.2) is 4.68 Å². The molecule has 1 aliphatic carbocycles. The number of rotatable bonds is 3. The molecule has 1 aromatic heterocycles. The average Bonchev–Trinajstić information content (AvgIpc) is 3.22. The number of hydrogen-bond donors (Lipinski definition) is 1. The molecule has 9 heteroatoms. The zero-order valence-corrected chi connectivity index (χ0v) is 12.1. The highest BCUT2D eigenvalue weighted by Gasteiger charge is 2.41. The number of benzene rings is 1. The van der Waals surface area contributed by atoms with Gasteiger partial charge >= 0.3 is 12.4 Å². The quantitative estimate of drug-likeness (QED) is 0.830. The van der Waals surface area contributed by atoms with Crippen molar-refractivity contribution in [1.29, 1.82) is 0 Å². The van der Waals surface area contributed by atoms with Gasteiger partial charge in [0.25, 0.3) is 5.56 Å². The Labute approximate surface area is 131 Å². The summed E-state index contributed by atoms with van der Waals surface area (Å²) in [6.45, 7) is 0. The van der Waals surface area contributed by atoms with Crippen molar-refractivity contribution in [2.75, 3.05) is 0 Å². The Balaban J connectivity index is 2.20. The Morgan fingerprint density at radius 2 is 1.67 bits per heavy atom.